The fourth-order valence-corrected chi connectivity index (χ4v) is 3.18. The number of esters is 1. The standard InChI is InChI=1S/C16H13ClN2O4S/c1-19-24(21,22)15-8-11(6-7-14(15)17)16(20)23-10-13-5-3-2-4-12(13)9-18/h2-8,19H,10H2,1H3. The molecule has 0 spiro atoms. The van der Waals surface area contributed by atoms with Crippen molar-refractivity contribution >= 4 is 27.6 Å². The molecular weight excluding hydrogens is 352 g/mol. The second kappa shape index (κ2) is 7.45. The molecule has 0 amide bonds. The van der Waals surface area contributed by atoms with E-state index in [2.05, 4.69) is 4.72 Å². The molecule has 0 atom stereocenters. The van der Waals surface area contributed by atoms with Gasteiger partial charge in [-0.2, -0.15) is 5.26 Å². The van der Waals surface area contributed by atoms with Crippen molar-refractivity contribution in [1.29, 1.82) is 5.26 Å². The number of carbonyl (C=O) groups excluding carboxylic acids is 1. The monoisotopic (exact) mass is 364 g/mol. The predicted molar refractivity (Wildman–Crippen MR) is 88.0 cm³/mol. The lowest BCUT2D eigenvalue weighted by atomic mass is 10.1. The minimum Gasteiger partial charge on any atom is -0.457 e. The summed E-state index contributed by atoms with van der Waals surface area (Å²) in [5, 5.41) is 9.00. The van der Waals surface area contributed by atoms with Crippen LogP contribution in [-0.2, 0) is 21.4 Å². The summed E-state index contributed by atoms with van der Waals surface area (Å²) >= 11 is 5.87. The van der Waals surface area contributed by atoms with Crippen LogP contribution in [-0.4, -0.2) is 21.4 Å². The summed E-state index contributed by atoms with van der Waals surface area (Å²) in [7, 11) is -2.55. The van der Waals surface area contributed by atoms with Gasteiger partial charge in [0, 0.05) is 5.56 Å². The summed E-state index contributed by atoms with van der Waals surface area (Å²) in [6, 6.07) is 12.6. The van der Waals surface area contributed by atoms with E-state index in [1.165, 1.54) is 19.2 Å². The van der Waals surface area contributed by atoms with E-state index in [0.717, 1.165) is 6.07 Å². The molecule has 2 rings (SSSR count). The fourth-order valence-electron chi connectivity index (χ4n) is 1.93. The van der Waals surface area contributed by atoms with Gasteiger partial charge in [0.25, 0.3) is 0 Å². The van der Waals surface area contributed by atoms with Crippen LogP contribution in [0.5, 0.6) is 0 Å². The number of hydrogen-bond donors (Lipinski definition) is 1. The second-order valence-corrected chi connectivity index (χ2v) is 6.96. The van der Waals surface area contributed by atoms with Crippen molar-refractivity contribution in [3.63, 3.8) is 0 Å². The molecule has 24 heavy (non-hydrogen) atoms. The molecule has 8 heteroatoms. The molecule has 0 aromatic heterocycles. The zero-order chi connectivity index (χ0) is 17.7. The van der Waals surface area contributed by atoms with Crippen LogP contribution in [0.1, 0.15) is 21.5 Å². The molecule has 0 bridgehead atoms. The van der Waals surface area contributed by atoms with E-state index in [0.29, 0.717) is 11.1 Å². The van der Waals surface area contributed by atoms with Gasteiger partial charge in [-0.1, -0.05) is 29.8 Å². The van der Waals surface area contributed by atoms with Gasteiger partial charge in [0.05, 0.1) is 22.2 Å². The second-order valence-electron chi connectivity index (χ2n) is 4.70. The molecule has 0 fully saturated rings. The highest BCUT2D eigenvalue weighted by Crippen LogP contribution is 2.23. The van der Waals surface area contributed by atoms with E-state index in [1.807, 2.05) is 6.07 Å². The number of benzene rings is 2. The van der Waals surface area contributed by atoms with Crippen molar-refractivity contribution in [3.8, 4) is 6.07 Å². The highest BCUT2D eigenvalue weighted by Gasteiger charge is 2.19. The molecule has 2 aromatic rings. The lowest BCUT2D eigenvalue weighted by molar-refractivity contribution is 0.0472. The van der Waals surface area contributed by atoms with Gasteiger partial charge in [-0.25, -0.2) is 17.9 Å². The topological polar surface area (TPSA) is 96.3 Å². The van der Waals surface area contributed by atoms with E-state index < -0.39 is 16.0 Å². The number of nitrogens with one attached hydrogen (secondary N) is 1. The largest absolute Gasteiger partial charge is 0.457 e. The number of hydrogen-bond acceptors (Lipinski definition) is 5. The molecule has 0 radical (unpaired) electrons. The Morgan fingerprint density at radius 3 is 2.67 bits per heavy atom. The Hall–Kier alpha value is -2.40. The predicted octanol–water partition coefficient (Wildman–Crippen LogP) is 2.48. The van der Waals surface area contributed by atoms with Gasteiger partial charge in [-0.3, -0.25) is 0 Å². The molecule has 0 aliphatic rings. The highest BCUT2D eigenvalue weighted by molar-refractivity contribution is 7.89. The summed E-state index contributed by atoms with van der Waals surface area (Å²) < 4.78 is 31.0. The van der Waals surface area contributed by atoms with Gasteiger partial charge < -0.3 is 4.74 Å². The molecule has 0 aliphatic carbocycles. The van der Waals surface area contributed by atoms with E-state index in [4.69, 9.17) is 21.6 Å². The Bertz CT molecular complexity index is 920. The van der Waals surface area contributed by atoms with E-state index in [1.54, 1.807) is 24.3 Å². The number of ether oxygens (including phenoxy) is 1. The van der Waals surface area contributed by atoms with Crippen LogP contribution in [0.4, 0.5) is 0 Å². The zero-order valence-electron chi connectivity index (χ0n) is 12.6. The number of halogens is 1. The van der Waals surface area contributed by atoms with Gasteiger partial charge in [-0.05, 0) is 31.3 Å². The number of carbonyl (C=O) groups is 1. The maximum absolute atomic E-state index is 12.1. The van der Waals surface area contributed by atoms with Crippen molar-refractivity contribution in [2.75, 3.05) is 7.05 Å². The van der Waals surface area contributed by atoms with E-state index in [9.17, 15) is 13.2 Å². The molecule has 2 aromatic carbocycles. The Morgan fingerprint density at radius 1 is 1.29 bits per heavy atom. The normalized spacial score (nSPS) is 10.9. The summed E-state index contributed by atoms with van der Waals surface area (Å²) in [6.07, 6.45) is 0. The first-order chi connectivity index (χ1) is 11.4. The maximum atomic E-state index is 12.1. The smallest absolute Gasteiger partial charge is 0.338 e. The third kappa shape index (κ3) is 3.92. The molecule has 0 saturated heterocycles. The van der Waals surface area contributed by atoms with Crippen LogP contribution in [0, 0.1) is 11.3 Å². The first-order valence-electron chi connectivity index (χ1n) is 6.77. The minimum absolute atomic E-state index is 0.00396. The van der Waals surface area contributed by atoms with Gasteiger partial charge in [0.15, 0.2) is 0 Å². The molecule has 0 heterocycles. The lowest BCUT2D eigenvalue weighted by Gasteiger charge is -2.09. The summed E-state index contributed by atoms with van der Waals surface area (Å²) in [5.74, 6) is -0.716. The Balaban J connectivity index is 2.22. The highest BCUT2D eigenvalue weighted by atomic mass is 35.5. The molecule has 124 valence electrons. The van der Waals surface area contributed by atoms with Crippen LogP contribution in [0.2, 0.25) is 5.02 Å². The van der Waals surface area contributed by atoms with E-state index in [-0.39, 0.29) is 22.1 Å². The van der Waals surface area contributed by atoms with Crippen LogP contribution in [0.3, 0.4) is 0 Å². The first kappa shape index (κ1) is 17.9. The maximum Gasteiger partial charge on any atom is 0.338 e. The summed E-state index contributed by atoms with van der Waals surface area (Å²) in [6.45, 7) is -0.0979. The first-order valence-corrected chi connectivity index (χ1v) is 8.63. The molecular formula is C16H13ClN2O4S. The molecule has 0 aliphatic heterocycles. The number of sulfonamides is 1. The summed E-state index contributed by atoms with van der Waals surface area (Å²) in [4.78, 5) is 11.9. The minimum atomic E-state index is -3.80. The van der Waals surface area contributed by atoms with Crippen molar-refractivity contribution in [1.82, 2.24) is 4.72 Å². The van der Waals surface area contributed by atoms with Gasteiger partial charge in [0.1, 0.15) is 11.5 Å². The third-order valence-corrected chi connectivity index (χ3v) is 5.12. The summed E-state index contributed by atoms with van der Waals surface area (Å²) in [5.41, 5.74) is 1.01. The number of rotatable bonds is 5. The Kier molecular flexibility index (Phi) is 5.57. The van der Waals surface area contributed by atoms with Crippen molar-refractivity contribution in [3.05, 3.63) is 64.2 Å². The van der Waals surface area contributed by atoms with Crippen molar-refractivity contribution in [2.45, 2.75) is 11.5 Å². The lowest BCUT2D eigenvalue weighted by Crippen LogP contribution is -2.19. The average Bonchev–Trinajstić information content (AvgIpc) is 2.60. The van der Waals surface area contributed by atoms with Crippen LogP contribution >= 0.6 is 11.6 Å². The number of nitriles is 1. The number of nitrogens with zero attached hydrogens (tertiary/aromatic N) is 1. The molecule has 0 saturated carbocycles. The van der Waals surface area contributed by atoms with Gasteiger partial charge >= 0.3 is 5.97 Å². The van der Waals surface area contributed by atoms with Crippen LogP contribution < -0.4 is 4.72 Å². The Labute approximate surface area is 144 Å². The van der Waals surface area contributed by atoms with E-state index >= 15 is 0 Å². The van der Waals surface area contributed by atoms with Gasteiger partial charge in [-0.15, -0.1) is 0 Å². The average molecular weight is 365 g/mol. The zero-order valence-corrected chi connectivity index (χ0v) is 14.2. The quantitative estimate of drug-likeness (QED) is 0.822. The molecule has 0 unspecified atom stereocenters. The third-order valence-electron chi connectivity index (χ3n) is 3.22. The SMILES string of the molecule is CNS(=O)(=O)c1cc(C(=O)OCc2ccccc2C#N)ccc1Cl. The molecule has 1 N–H and O–H groups in total. The fraction of sp³-hybridized carbons (Fsp3) is 0.125. The van der Waals surface area contributed by atoms with Crippen molar-refractivity contribution in [2.24, 2.45) is 0 Å². The van der Waals surface area contributed by atoms with Crippen molar-refractivity contribution < 1.29 is 17.9 Å². The molecule has 6 nitrogen and oxygen atoms in total. The van der Waals surface area contributed by atoms with Crippen LogP contribution in [0.15, 0.2) is 47.4 Å². The van der Waals surface area contributed by atoms with Gasteiger partial charge in [0.2, 0.25) is 10.0 Å². The Morgan fingerprint density at radius 2 is 2.00 bits per heavy atom. The van der Waals surface area contributed by atoms with Crippen LogP contribution in [0.25, 0.3) is 0 Å².